The van der Waals surface area contributed by atoms with Crippen LogP contribution in [0.3, 0.4) is 0 Å². The molecule has 1 spiro atoms. The molecule has 3 saturated heterocycles. The summed E-state index contributed by atoms with van der Waals surface area (Å²) in [6.45, 7) is 6.69. The normalized spacial score (nSPS) is 37.3. The van der Waals surface area contributed by atoms with Crippen LogP contribution in [-0.4, -0.2) is 73.6 Å². The summed E-state index contributed by atoms with van der Waals surface area (Å²) >= 11 is 1.49. The SMILES string of the molecule is CC(C)(N)CCC1C(C)(SC2CC(=O)N(CCO)C2=O)[N+]12CCCC2=O. The Bertz CT molecular complexity index is 634. The average Bonchev–Trinajstić information content (AvgIpc) is 2.76. The van der Waals surface area contributed by atoms with Gasteiger partial charge in [0.15, 0.2) is 6.04 Å². The minimum atomic E-state index is -0.460. The molecule has 146 valence electrons. The summed E-state index contributed by atoms with van der Waals surface area (Å²) in [4.78, 5) is 38.2. The minimum Gasteiger partial charge on any atom is -0.395 e. The van der Waals surface area contributed by atoms with Crippen molar-refractivity contribution in [1.29, 1.82) is 0 Å². The van der Waals surface area contributed by atoms with Gasteiger partial charge in [-0.2, -0.15) is 0 Å². The van der Waals surface area contributed by atoms with Crippen LogP contribution in [0.2, 0.25) is 0 Å². The maximum Gasteiger partial charge on any atom is 0.315 e. The van der Waals surface area contributed by atoms with E-state index in [0.29, 0.717) is 10.9 Å². The molecule has 3 N–H and O–H groups in total. The van der Waals surface area contributed by atoms with E-state index in [1.165, 1.54) is 11.8 Å². The molecule has 0 saturated carbocycles. The zero-order valence-electron chi connectivity index (χ0n) is 15.9. The number of nitrogens with two attached hydrogens (primary N) is 1. The lowest BCUT2D eigenvalue weighted by molar-refractivity contribution is -0.743. The lowest BCUT2D eigenvalue weighted by atomic mass is 9.98. The van der Waals surface area contributed by atoms with Crippen molar-refractivity contribution in [2.75, 3.05) is 19.7 Å². The smallest absolute Gasteiger partial charge is 0.315 e. The number of hydrogen-bond donors (Lipinski definition) is 2. The van der Waals surface area contributed by atoms with E-state index >= 15 is 0 Å². The Morgan fingerprint density at radius 3 is 2.62 bits per heavy atom. The molecule has 3 heterocycles. The fourth-order valence-electron chi connectivity index (χ4n) is 4.81. The fraction of sp³-hybridized carbons (Fsp3) is 0.833. The van der Waals surface area contributed by atoms with Crippen LogP contribution in [0.1, 0.15) is 52.9 Å². The van der Waals surface area contributed by atoms with Gasteiger partial charge in [-0.1, -0.05) is 11.8 Å². The molecule has 0 bridgehead atoms. The summed E-state index contributed by atoms with van der Waals surface area (Å²) in [7, 11) is 0. The van der Waals surface area contributed by atoms with Gasteiger partial charge in [-0.3, -0.25) is 14.5 Å². The number of rotatable bonds is 7. The van der Waals surface area contributed by atoms with Gasteiger partial charge in [-0.15, -0.1) is 0 Å². The Morgan fingerprint density at radius 1 is 1.38 bits per heavy atom. The zero-order valence-corrected chi connectivity index (χ0v) is 16.7. The third-order valence-corrected chi connectivity index (χ3v) is 7.92. The molecule has 3 rings (SSSR count). The summed E-state index contributed by atoms with van der Waals surface area (Å²) in [6.07, 6.45) is 3.28. The summed E-state index contributed by atoms with van der Waals surface area (Å²) in [5.41, 5.74) is 5.86. The van der Waals surface area contributed by atoms with Gasteiger partial charge in [0.25, 0.3) is 0 Å². The van der Waals surface area contributed by atoms with E-state index < -0.39 is 5.25 Å². The zero-order chi connectivity index (χ0) is 19.3. The van der Waals surface area contributed by atoms with Crippen LogP contribution >= 0.6 is 11.8 Å². The molecular formula is C18H30N3O4S+. The molecular weight excluding hydrogens is 354 g/mol. The number of quaternary nitrogens is 1. The highest BCUT2D eigenvalue weighted by Gasteiger charge is 2.81. The van der Waals surface area contributed by atoms with E-state index in [-0.39, 0.29) is 53.7 Å². The second-order valence-electron chi connectivity index (χ2n) is 8.61. The molecule has 3 fully saturated rings. The van der Waals surface area contributed by atoms with Crippen LogP contribution in [0.5, 0.6) is 0 Å². The van der Waals surface area contributed by atoms with Crippen LogP contribution in [0.15, 0.2) is 0 Å². The molecule has 3 aliphatic heterocycles. The second kappa shape index (κ2) is 6.58. The van der Waals surface area contributed by atoms with Crippen LogP contribution in [0, 0.1) is 0 Å². The quantitative estimate of drug-likeness (QED) is 0.379. The molecule has 7 nitrogen and oxygen atoms in total. The minimum absolute atomic E-state index is 0.0508. The maximum absolute atomic E-state index is 12.7. The number of carbonyl (C=O) groups excluding carboxylic acids is 3. The van der Waals surface area contributed by atoms with E-state index in [1.54, 1.807) is 0 Å². The number of β-amino-alcohol motifs (C(OH)–C–C–N with tert-alkyl or cyclic N) is 1. The molecule has 0 aromatic heterocycles. The van der Waals surface area contributed by atoms with Crippen LogP contribution in [0.4, 0.5) is 0 Å². The summed E-state index contributed by atoms with van der Waals surface area (Å²) in [5, 5.41) is 8.61. The van der Waals surface area contributed by atoms with Crippen molar-refractivity contribution < 1.29 is 24.0 Å². The van der Waals surface area contributed by atoms with Gasteiger partial charge in [0, 0.05) is 31.7 Å². The Balaban J connectivity index is 1.77. The molecule has 0 aromatic carbocycles. The lowest BCUT2D eigenvalue weighted by Gasteiger charge is -2.19. The molecule has 0 radical (unpaired) electrons. The van der Waals surface area contributed by atoms with Crippen molar-refractivity contribution in [2.24, 2.45) is 5.73 Å². The first-order chi connectivity index (χ1) is 12.1. The predicted molar refractivity (Wildman–Crippen MR) is 98.9 cm³/mol. The first-order valence-corrected chi connectivity index (χ1v) is 10.3. The van der Waals surface area contributed by atoms with Gasteiger partial charge in [0.05, 0.1) is 31.4 Å². The van der Waals surface area contributed by atoms with Crippen molar-refractivity contribution in [1.82, 2.24) is 4.90 Å². The average molecular weight is 385 g/mol. The van der Waals surface area contributed by atoms with Crippen molar-refractivity contribution >= 4 is 29.5 Å². The number of amides is 3. The molecule has 4 unspecified atom stereocenters. The first-order valence-electron chi connectivity index (χ1n) is 9.40. The Hall–Kier alpha value is -0.960. The van der Waals surface area contributed by atoms with E-state index in [0.717, 1.165) is 30.7 Å². The fourth-order valence-corrected chi connectivity index (χ4v) is 6.75. The topological polar surface area (TPSA) is 101 Å². The number of aliphatic hydroxyl groups excluding tert-OH is 1. The van der Waals surface area contributed by atoms with E-state index in [1.807, 2.05) is 13.8 Å². The number of likely N-dealkylation sites (tertiary alicyclic amines) is 1. The summed E-state index contributed by atoms with van der Waals surface area (Å²) < 4.78 is 0.436. The number of hydrogen-bond acceptors (Lipinski definition) is 6. The molecule has 8 heteroatoms. The maximum atomic E-state index is 12.7. The van der Waals surface area contributed by atoms with E-state index in [2.05, 4.69) is 6.92 Å². The van der Waals surface area contributed by atoms with Crippen molar-refractivity contribution in [3.05, 3.63) is 0 Å². The third-order valence-electron chi connectivity index (χ3n) is 6.19. The Labute approximate surface area is 158 Å². The van der Waals surface area contributed by atoms with Crippen LogP contribution in [-0.2, 0) is 14.4 Å². The van der Waals surface area contributed by atoms with Gasteiger partial charge >= 0.3 is 5.91 Å². The number of imide groups is 1. The largest absolute Gasteiger partial charge is 0.395 e. The van der Waals surface area contributed by atoms with Crippen molar-refractivity contribution in [3.63, 3.8) is 0 Å². The molecule has 3 aliphatic rings. The number of thioether (sulfide) groups is 1. The highest BCUT2D eigenvalue weighted by molar-refractivity contribution is 8.02. The number of nitrogens with zero attached hydrogens (tertiary/aromatic N) is 2. The van der Waals surface area contributed by atoms with Crippen LogP contribution in [0.25, 0.3) is 0 Å². The standard InChI is InChI=1S/C18H30N3O4S/c1-17(2,19)7-6-13-18(3,21(13)9-4-5-15(21)24)26-12-11-14(23)20(8-10-22)16(12)25/h12-13,22H,4-11,19H2,1-3H3/q+1. The molecule has 0 aromatic rings. The lowest BCUT2D eigenvalue weighted by Crippen LogP contribution is -2.37. The Kier molecular flexibility index (Phi) is 5.01. The van der Waals surface area contributed by atoms with Gasteiger partial charge in [-0.05, 0) is 20.3 Å². The van der Waals surface area contributed by atoms with E-state index in [9.17, 15) is 14.4 Å². The second-order valence-corrected chi connectivity index (χ2v) is 10.2. The molecule has 0 aliphatic carbocycles. The number of aliphatic hydroxyl groups is 1. The molecule has 3 amide bonds. The molecule has 4 atom stereocenters. The predicted octanol–water partition coefficient (Wildman–Crippen LogP) is 0.593. The third kappa shape index (κ3) is 3.00. The summed E-state index contributed by atoms with van der Waals surface area (Å²) in [5.74, 6) is -0.210. The van der Waals surface area contributed by atoms with Gasteiger partial charge in [0.2, 0.25) is 16.7 Å². The Morgan fingerprint density at radius 2 is 2.08 bits per heavy atom. The highest BCUT2D eigenvalue weighted by Crippen LogP contribution is 2.63. The highest BCUT2D eigenvalue weighted by atomic mass is 32.2. The van der Waals surface area contributed by atoms with Gasteiger partial charge < -0.3 is 10.8 Å². The van der Waals surface area contributed by atoms with Crippen LogP contribution < -0.4 is 5.73 Å². The van der Waals surface area contributed by atoms with Crippen molar-refractivity contribution in [2.45, 2.75) is 74.6 Å². The van der Waals surface area contributed by atoms with Crippen molar-refractivity contribution in [3.8, 4) is 0 Å². The molecule has 26 heavy (non-hydrogen) atoms. The summed E-state index contributed by atoms with van der Waals surface area (Å²) in [6, 6.07) is 0.153. The van der Waals surface area contributed by atoms with Gasteiger partial charge in [0.1, 0.15) is 0 Å². The number of carbonyl (C=O) groups is 3. The monoisotopic (exact) mass is 384 g/mol. The van der Waals surface area contributed by atoms with Gasteiger partial charge in [-0.25, -0.2) is 9.28 Å². The van der Waals surface area contributed by atoms with E-state index in [4.69, 9.17) is 10.8 Å². The first kappa shape index (κ1) is 19.8.